The van der Waals surface area contributed by atoms with Crippen molar-refractivity contribution in [3.8, 4) is 0 Å². The number of benzene rings is 1. The van der Waals surface area contributed by atoms with Gasteiger partial charge in [-0.3, -0.25) is 0 Å². The number of hydrogen-bond acceptors (Lipinski definition) is 1. The van der Waals surface area contributed by atoms with Crippen molar-refractivity contribution in [2.24, 2.45) is 5.92 Å². The molecule has 0 aliphatic carbocycles. The average molecular weight is 317 g/mol. The molecule has 0 aromatic heterocycles. The molecule has 1 unspecified atom stereocenters. The van der Waals surface area contributed by atoms with Crippen LogP contribution in [0.25, 0.3) is 0 Å². The molecule has 84 valence electrons. The molecular weight excluding hydrogens is 297 g/mol. The first-order valence-electron chi connectivity index (χ1n) is 5.48. The van der Waals surface area contributed by atoms with E-state index in [0.29, 0.717) is 12.0 Å². The highest BCUT2D eigenvalue weighted by molar-refractivity contribution is 14.1. The molecule has 0 fully saturated rings. The van der Waals surface area contributed by atoms with Gasteiger partial charge in [0.25, 0.3) is 0 Å². The lowest BCUT2D eigenvalue weighted by Crippen LogP contribution is -2.34. The van der Waals surface area contributed by atoms with Gasteiger partial charge >= 0.3 is 0 Å². The van der Waals surface area contributed by atoms with Gasteiger partial charge in [-0.05, 0) is 18.4 Å². The molecule has 0 radical (unpaired) electrons. The van der Waals surface area contributed by atoms with E-state index in [9.17, 15) is 0 Å². The number of hydrogen-bond donors (Lipinski definition) is 1. The molecule has 1 nitrogen and oxygen atoms in total. The standard InChI is InChI=1S/C13H20IN/c1-10(2)13(8-14)15-9-12-6-4-5-11(3)7-12/h4-7,10,13,15H,8-9H2,1-3H3. The van der Waals surface area contributed by atoms with Gasteiger partial charge in [-0.2, -0.15) is 0 Å². The molecular formula is C13H20IN. The molecule has 0 bridgehead atoms. The molecule has 1 N–H and O–H groups in total. The number of nitrogens with one attached hydrogen (secondary N) is 1. The van der Waals surface area contributed by atoms with Crippen molar-refractivity contribution in [2.75, 3.05) is 4.43 Å². The Hall–Kier alpha value is -0.0900. The molecule has 1 rings (SSSR count). The molecule has 15 heavy (non-hydrogen) atoms. The summed E-state index contributed by atoms with van der Waals surface area (Å²) in [6, 6.07) is 9.32. The van der Waals surface area contributed by atoms with Crippen molar-refractivity contribution in [3.05, 3.63) is 35.4 Å². The molecule has 0 spiro atoms. The Labute approximate surface area is 107 Å². The zero-order chi connectivity index (χ0) is 11.3. The topological polar surface area (TPSA) is 12.0 Å². The van der Waals surface area contributed by atoms with Crippen LogP contribution in [0.15, 0.2) is 24.3 Å². The minimum atomic E-state index is 0.617. The van der Waals surface area contributed by atoms with Gasteiger partial charge in [0.1, 0.15) is 0 Å². The Morgan fingerprint density at radius 1 is 1.33 bits per heavy atom. The third kappa shape index (κ3) is 4.51. The van der Waals surface area contributed by atoms with Crippen molar-refractivity contribution in [2.45, 2.75) is 33.4 Å². The molecule has 0 aliphatic rings. The Kier molecular flexibility index (Phi) is 5.61. The first kappa shape index (κ1) is 13.0. The molecule has 1 aromatic rings. The van der Waals surface area contributed by atoms with E-state index < -0.39 is 0 Å². The predicted molar refractivity (Wildman–Crippen MR) is 75.5 cm³/mol. The number of aryl methyl sites for hydroxylation is 1. The smallest absolute Gasteiger partial charge is 0.0208 e. The van der Waals surface area contributed by atoms with Crippen LogP contribution in [0.2, 0.25) is 0 Å². The van der Waals surface area contributed by atoms with E-state index in [-0.39, 0.29) is 0 Å². The van der Waals surface area contributed by atoms with Gasteiger partial charge in [-0.25, -0.2) is 0 Å². The van der Waals surface area contributed by atoms with Gasteiger partial charge in [-0.1, -0.05) is 66.3 Å². The van der Waals surface area contributed by atoms with E-state index in [1.165, 1.54) is 15.6 Å². The van der Waals surface area contributed by atoms with Crippen LogP contribution < -0.4 is 5.32 Å². The lowest BCUT2D eigenvalue weighted by Gasteiger charge is -2.20. The van der Waals surface area contributed by atoms with Crippen molar-refractivity contribution < 1.29 is 0 Å². The summed E-state index contributed by atoms with van der Waals surface area (Å²) in [4.78, 5) is 0. The average Bonchev–Trinajstić information content (AvgIpc) is 2.18. The van der Waals surface area contributed by atoms with E-state index in [1.807, 2.05) is 0 Å². The molecule has 1 aromatic carbocycles. The highest BCUT2D eigenvalue weighted by atomic mass is 127. The first-order valence-corrected chi connectivity index (χ1v) is 7.01. The summed E-state index contributed by atoms with van der Waals surface area (Å²) in [6.07, 6.45) is 0. The first-order chi connectivity index (χ1) is 7.13. The van der Waals surface area contributed by atoms with Gasteiger partial charge in [0.05, 0.1) is 0 Å². The zero-order valence-corrected chi connectivity index (χ0v) is 11.9. The Morgan fingerprint density at radius 2 is 2.07 bits per heavy atom. The SMILES string of the molecule is Cc1cccc(CNC(CI)C(C)C)c1. The molecule has 0 saturated heterocycles. The van der Waals surface area contributed by atoms with Gasteiger partial charge < -0.3 is 5.32 Å². The maximum atomic E-state index is 3.60. The minimum Gasteiger partial charge on any atom is -0.309 e. The second kappa shape index (κ2) is 6.48. The molecule has 0 aliphatic heterocycles. The van der Waals surface area contributed by atoms with Crippen LogP contribution in [-0.4, -0.2) is 10.5 Å². The third-order valence-electron chi connectivity index (χ3n) is 2.62. The van der Waals surface area contributed by atoms with Crippen LogP contribution in [-0.2, 0) is 6.54 Å². The molecule has 0 heterocycles. The molecule has 2 heteroatoms. The van der Waals surface area contributed by atoms with Crippen molar-refractivity contribution in [3.63, 3.8) is 0 Å². The summed E-state index contributed by atoms with van der Waals surface area (Å²) in [7, 11) is 0. The highest BCUT2D eigenvalue weighted by Gasteiger charge is 2.10. The number of rotatable bonds is 5. The summed E-state index contributed by atoms with van der Waals surface area (Å²) in [5, 5.41) is 3.60. The van der Waals surface area contributed by atoms with Crippen molar-refractivity contribution in [1.29, 1.82) is 0 Å². The summed E-state index contributed by atoms with van der Waals surface area (Å²) in [5.41, 5.74) is 2.72. The normalized spacial score (nSPS) is 13.1. The van der Waals surface area contributed by atoms with E-state index >= 15 is 0 Å². The summed E-state index contributed by atoms with van der Waals surface area (Å²) >= 11 is 2.45. The number of halogens is 1. The Balaban J connectivity index is 2.49. The zero-order valence-electron chi connectivity index (χ0n) is 9.76. The van der Waals surface area contributed by atoms with E-state index in [2.05, 4.69) is 72.9 Å². The van der Waals surface area contributed by atoms with Gasteiger partial charge in [-0.15, -0.1) is 0 Å². The second-order valence-corrected chi connectivity index (χ2v) is 5.26. The quantitative estimate of drug-likeness (QED) is 0.647. The highest BCUT2D eigenvalue weighted by Crippen LogP contribution is 2.08. The van der Waals surface area contributed by atoms with E-state index in [4.69, 9.17) is 0 Å². The van der Waals surface area contributed by atoms with Crippen LogP contribution in [0.3, 0.4) is 0 Å². The van der Waals surface area contributed by atoms with Crippen LogP contribution in [0.5, 0.6) is 0 Å². The summed E-state index contributed by atoms with van der Waals surface area (Å²) < 4.78 is 1.17. The minimum absolute atomic E-state index is 0.617. The summed E-state index contributed by atoms with van der Waals surface area (Å²) in [5.74, 6) is 0.701. The van der Waals surface area contributed by atoms with E-state index in [0.717, 1.165) is 6.54 Å². The predicted octanol–water partition coefficient (Wildman–Crippen LogP) is 3.54. The fourth-order valence-corrected chi connectivity index (χ4v) is 2.87. The number of alkyl halides is 1. The maximum Gasteiger partial charge on any atom is 0.0208 e. The van der Waals surface area contributed by atoms with Crippen LogP contribution in [0.1, 0.15) is 25.0 Å². The van der Waals surface area contributed by atoms with Gasteiger partial charge in [0, 0.05) is 17.0 Å². The molecule has 0 amide bonds. The monoisotopic (exact) mass is 317 g/mol. The largest absolute Gasteiger partial charge is 0.309 e. The Bertz CT molecular complexity index is 296. The van der Waals surface area contributed by atoms with Crippen LogP contribution in [0, 0.1) is 12.8 Å². The maximum absolute atomic E-state index is 3.60. The Morgan fingerprint density at radius 3 is 2.60 bits per heavy atom. The molecule has 1 atom stereocenters. The molecule has 0 saturated carbocycles. The second-order valence-electron chi connectivity index (χ2n) is 4.37. The fraction of sp³-hybridized carbons (Fsp3) is 0.538. The van der Waals surface area contributed by atoms with Crippen LogP contribution in [0.4, 0.5) is 0 Å². The van der Waals surface area contributed by atoms with Gasteiger partial charge in [0.2, 0.25) is 0 Å². The third-order valence-corrected chi connectivity index (χ3v) is 3.57. The fourth-order valence-electron chi connectivity index (χ4n) is 1.54. The summed E-state index contributed by atoms with van der Waals surface area (Å²) in [6.45, 7) is 7.66. The van der Waals surface area contributed by atoms with Gasteiger partial charge in [0.15, 0.2) is 0 Å². The van der Waals surface area contributed by atoms with Crippen LogP contribution >= 0.6 is 22.6 Å². The van der Waals surface area contributed by atoms with Crippen molar-refractivity contribution in [1.82, 2.24) is 5.32 Å². The lowest BCUT2D eigenvalue weighted by atomic mass is 10.1. The van der Waals surface area contributed by atoms with Crippen molar-refractivity contribution >= 4 is 22.6 Å². The lowest BCUT2D eigenvalue weighted by molar-refractivity contribution is 0.436. The van der Waals surface area contributed by atoms with E-state index in [1.54, 1.807) is 0 Å².